The molecule has 226 valence electrons. The number of carboxylic acid groups (broad SMARTS) is 1. The third kappa shape index (κ3) is 11.0. The summed E-state index contributed by atoms with van der Waals surface area (Å²) in [6.07, 6.45) is 0.793. The zero-order valence-corrected chi connectivity index (χ0v) is 24.0. The van der Waals surface area contributed by atoms with Crippen molar-refractivity contribution in [3.05, 3.63) is 102 Å². The van der Waals surface area contributed by atoms with Crippen LogP contribution < -0.4 is 21.3 Å². The Labute approximate surface area is 250 Å². The van der Waals surface area contributed by atoms with Gasteiger partial charge >= 0.3 is 12.1 Å². The second-order valence-electron chi connectivity index (χ2n) is 9.94. The van der Waals surface area contributed by atoms with Crippen LogP contribution in [0.1, 0.15) is 41.8 Å². The molecule has 4 amide bonds. The predicted molar refractivity (Wildman–Crippen MR) is 160 cm³/mol. The van der Waals surface area contributed by atoms with Gasteiger partial charge in [-0.1, -0.05) is 60.7 Å². The smallest absolute Gasteiger partial charge is 0.407 e. The third-order valence-corrected chi connectivity index (χ3v) is 6.48. The lowest BCUT2D eigenvalue weighted by Crippen LogP contribution is -2.55. The zero-order chi connectivity index (χ0) is 31.2. The molecule has 0 unspecified atom stereocenters. The fraction of sp³-hybridized carbons (Fsp3) is 0.281. The van der Waals surface area contributed by atoms with Crippen molar-refractivity contribution < 1.29 is 33.8 Å². The highest BCUT2D eigenvalue weighted by Crippen LogP contribution is 2.12. The van der Waals surface area contributed by atoms with Crippen LogP contribution in [-0.2, 0) is 32.0 Å². The molecule has 43 heavy (non-hydrogen) atoms. The van der Waals surface area contributed by atoms with Gasteiger partial charge in [0, 0.05) is 12.1 Å². The van der Waals surface area contributed by atoms with Crippen LogP contribution in [0.5, 0.6) is 0 Å². The van der Waals surface area contributed by atoms with E-state index in [-0.39, 0.29) is 18.6 Å². The van der Waals surface area contributed by atoms with Crippen LogP contribution in [0.25, 0.3) is 0 Å². The van der Waals surface area contributed by atoms with Crippen molar-refractivity contribution in [1.82, 2.24) is 16.0 Å². The van der Waals surface area contributed by atoms with Crippen LogP contribution in [0.2, 0.25) is 0 Å². The zero-order valence-electron chi connectivity index (χ0n) is 24.0. The number of hydrogen-bond donors (Lipinski definition) is 5. The van der Waals surface area contributed by atoms with Crippen LogP contribution in [0, 0.1) is 0 Å². The summed E-state index contributed by atoms with van der Waals surface area (Å²) in [7, 11) is 0. The Bertz CT molecular complexity index is 1380. The van der Waals surface area contributed by atoms with Crippen LogP contribution in [0.3, 0.4) is 0 Å². The van der Waals surface area contributed by atoms with Crippen molar-refractivity contribution >= 4 is 35.5 Å². The number of rotatable bonds is 14. The number of carboxylic acids is 1. The van der Waals surface area contributed by atoms with E-state index >= 15 is 0 Å². The Hall–Kier alpha value is -5.19. The summed E-state index contributed by atoms with van der Waals surface area (Å²) in [4.78, 5) is 62.0. The minimum atomic E-state index is -1.09. The molecule has 0 aromatic heterocycles. The van der Waals surface area contributed by atoms with Crippen molar-refractivity contribution in [1.29, 1.82) is 0 Å². The number of benzene rings is 3. The van der Waals surface area contributed by atoms with Gasteiger partial charge in [0.05, 0.1) is 12.2 Å². The molecule has 0 spiro atoms. The van der Waals surface area contributed by atoms with E-state index < -0.39 is 47.9 Å². The van der Waals surface area contributed by atoms with E-state index in [9.17, 15) is 24.0 Å². The molecular weight excluding hydrogens is 552 g/mol. The summed E-state index contributed by atoms with van der Waals surface area (Å²) in [5.41, 5.74) is 2.35. The van der Waals surface area contributed by atoms with Gasteiger partial charge in [-0.25, -0.2) is 9.59 Å². The first kappa shape index (κ1) is 32.3. The van der Waals surface area contributed by atoms with Crippen molar-refractivity contribution in [3.8, 4) is 0 Å². The lowest BCUT2D eigenvalue weighted by atomic mass is 10.0. The highest BCUT2D eigenvalue weighted by Gasteiger charge is 2.26. The van der Waals surface area contributed by atoms with E-state index in [1.807, 2.05) is 60.7 Å². The normalized spacial score (nSPS) is 12.6. The minimum Gasteiger partial charge on any atom is -0.478 e. The number of alkyl carbamates (subject to hydrolysis) is 1. The fourth-order valence-electron chi connectivity index (χ4n) is 4.06. The maximum atomic E-state index is 13.1. The number of hydrogen-bond acceptors (Lipinski definition) is 6. The van der Waals surface area contributed by atoms with Gasteiger partial charge in [-0.3, -0.25) is 14.4 Å². The molecule has 5 N–H and O–H groups in total. The molecule has 0 bridgehead atoms. The molecule has 3 aromatic carbocycles. The number of amides is 4. The second-order valence-corrected chi connectivity index (χ2v) is 9.94. The largest absolute Gasteiger partial charge is 0.478 e. The average molecular weight is 589 g/mol. The molecule has 0 radical (unpaired) electrons. The molecule has 11 heteroatoms. The Morgan fingerprint density at radius 1 is 0.698 bits per heavy atom. The minimum absolute atomic E-state index is 0.0664. The summed E-state index contributed by atoms with van der Waals surface area (Å²) in [5, 5.41) is 19.4. The van der Waals surface area contributed by atoms with Gasteiger partial charge in [0.15, 0.2) is 0 Å². The summed E-state index contributed by atoms with van der Waals surface area (Å²) >= 11 is 0. The molecule has 0 heterocycles. The van der Waals surface area contributed by atoms with E-state index in [0.717, 1.165) is 17.5 Å². The summed E-state index contributed by atoms with van der Waals surface area (Å²) < 4.78 is 5.16. The molecule has 0 aliphatic carbocycles. The molecule has 3 atom stereocenters. The third-order valence-electron chi connectivity index (χ3n) is 6.48. The molecule has 3 aromatic rings. The van der Waals surface area contributed by atoms with Crippen molar-refractivity contribution in [2.45, 2.75) is 51.2 Å². The SMILES string of the molecule is C[C@H](NC(=O)OCCCc1ccccc1)C(=O)N[C@@H](C)C(=O)N[C@@H](Cc1ccccc1)C(=O)Nc1ccc(C(=O)O)cc1. The number of aryl methyl sites for hydroxylation is 1. The second kappa shape index (κ2) is 16.3. The van der Waals surface area contributed by atoms with Gasteiger partial charge in [-0.15, -0.1) is 0 Å². The summed E-state index contributed by atoms with van der Waals surface area (Å²) in [6.45, 7) is 3.11. The number of anilines is 1. The Morgan fingerprint density at radius 3 is 1.86 bits per heavy atom. The molecule has 0 saturated heterocycles. The molecule has 0 aliphatic heterocycles. The van der Waals surface area contributed by atoms with E-state index in [0.29, 0.717) is 12.1 Å². The van der Waals surface area contributed by atoms with Gasteiger partial charge in [-0.05, 0) is 62.1 Å². The summed E-state index contributed by atoms with van der Waals surface area (Å²) in [5.74, 6) is -2.83. The quantitative estimate of drug-likeness (QED) is 0.180. The van der Waals surface area contributed by atoms with E-state index in [1.54, 1.807) is 0 Å². The topological polar surface area (TPSA) is 163 Å². The molecule has 3 rings (SSSR count). The Kier molecular flexibility index (Phi) is 12.3. The average Bonchev–Trinajstić information content (AvgIpc) is 3.00. The van der Waals surface area contributed by atoms with Gasteiger partial charge in [0.2, 0.25) is 17.7 Å². The monoisotopic (exact) mass is 588 g/mol. The van der Waals surface area contributed by atoms with Gasteiger partial charge in [0.1, 0.15) is 18.1 Å². The predicted octanol–water partition coefficient (Wildman–Crippen LogP) is 3.30. The first-order chi connectivity index (χ1) is 20.6. The highest BCUT2D eigenvalue weighted by molar-refractivity contribution is 5.99. The maximum absolute atomic E-state index is 13.1. The standard InChI is InChI=1S/C32H36N4O7/c1-21(33-28(37)22(2)34-32(42)43-19-9-14-23-10-5-3-6-11-23)29(38)36-27(20-24-12-7-4-8-13-24)30(39)35-26-17-15-25(16-18-26)31(40)41/h3-8,10-13,15-18,21-22,27H,9,14,19-20H2,1-2H3,(H,33,37)(H,34,42)(H,35,39)(H,36,38)(H,40,41)/t21-,22-,27-/m0/s1. The van der Waals surface area contributed by atoms with E-state index in [4.69, 9.17) is 9.84 Å². The fourth-order valence-corrected chi connectivity index (χ4v) is 4.06. The van der Waals surface area contributed by atoms with Crippen LogP contribution in [-0.4, -0.2) is 59.6 Å². The van der Waals surface area contributed by atoms with Gasteiger partial charge < -0.3 is 31.1 Å². The Balaban J connectivity index is 1.51. The van der Waals surface area contributed by atoms with Crippen molar-refractivity contribution in [3.63, 3.8) is 0 Å². The number of nitrogens with one attached hydrogen (secondary N) is 4. The summed E-state index contributed by atoms with van der Waals surface area (Å²) in [6, 6.07) is 21.5. The van der Waals surface area contributed by atoms with Crippen LogP contribution in [0.4, 0.5) is 10.5 Å². The maximum Gasteiger partial charge on any atom is 0.407 e. The molecule has 11 nitrogen and oxygen atoms in total. The number of carbonyl (C=O) groups is 5. The molecule has 0 aliphatic rings. The number of carbonyl (C=O) groups excluding carboxylic acids is 4. The first-order valence-corrected chi connectivity index (χ1v) is 13.9. The lowest BCUT2D eigenvalue weighted by Gasteiger charge is -2.22. The van der Waals surface area contributed by atoms with Crippen molar-refractivity contribution in [2.24, 2.45) is 0 Å². The van der Waals surface area contributed by atoms with Gasteiger partial charge in [-0.2, -0.15) is 0 Å². The van der Waals surface area contributed by atoms with E-state index in [1.165, 1.54) is 38.1 Å². The van der Waals surface area contributed by atoms with Crippen LogP contribution in [0.15, 0.2) is 84.9 Å². The Morgan fingerprint density at radius 2 is 1.26 bits per heavy atom. The molecular formula is C32H36N4O7. The van der Waals surface area contributed by atoms with E-state index in [2.05, 4.69) is 21.3 Å². The van der Waals surface area contributed by atoms with Gasteiger partial charge in [0.25, 0.3) is 0 Å². The highest BCUT2D eigenvalue weighted by atomic mass is 16.5. The molecule has 0 saturated carbocycles. The number of ether oxygens (including phenoxy) is 1. The lowest BCUT2D eigenvalue weighted by molar-refractivity contribution is -0.131. The van der Waals surface area contributed by atoms with Crippen molar-refractivity contribution in [2.75, 3.05) is 11.9 Å². The first-order valence-electron chi connectivity index (χ1n) is 13.9. The van der Waals surface area contributed by atoms with Crippen LogP contribution >= 0.6 is 0 Å². The number of aromatic carboxylic acids is 1. The molecule has 0 fully saturated rings.